The van der Waals surface area contributed by atoms with Crippen molar-refractivity contribution in [2.24, 2.45) is 4.99 Å². The first-order chi connectivity index (χ1) is 9.80. The topological polar surface area (TPSA) is 60.2 Å². The van der Waals surface area contributed by atoms with Gasteiger partial charge in [-0.05, 0) is 42.5 Å². The second kappa shape index (κ2) is 12.8. The molecular formula is C15H23IN4S. The average molecular weight is 418 g/mol. The molecule has 0 unspecified atom stereocenters. The van der Waals surface area contributed by atoms with E-state index in [9.17, 15) is 0 Å². The van der Waals surface area contributed by atoms with Crippen LogP contribution < -0.4 is 10.6 Å². The van der Waals surface area contributed by atoms with Gasteiger partial charge in [0.1, 0.15) is 0 Å². The number of guanidine groups is 1. The van der Waals surface area contributed by atoms with Crippen LogP contribution in [0, 0.1) is 11.3 Å². The predicted molar refractivity (Wildman–Crippen MR) is 102 cm³/mol. The van der Waals surface area contributed by atoms with Crippen LogP contribution in [-0.2, 0) is 6.54 Å². The van der Waals surface area contributed by atoms with E-state index >= 15 is 0 Å². The van der Waals surface area contributed by atoms with Crippen LogP contribution >= 0.6 is 35.7 Å². The molecular weight excluding hydrogens is 395 g/mol. The SMILES string of the molecule is CN=C(NCCCCSC)NCc1cccc(C#N)c1.I. The number of rotatable bonds is 7. The molecule has 0 amide bonds. The summed E-state index contributed by atoms with van der Waals surface area (Å²) in [5, 5.41) is 15.4. The van der Waals surface area contributed by atoms with Gasteiger partial charge < -0.3 is 10.6 Å². The monoisotopic (exact) mass is 418 g/mol. The summed E-state index contributed by atoms with van der Waals surface area (Å²) in [5.41, 5.74) is 1.76. The van der Waals surface area contributed by atoms with E-state index in [0.29, 0.717) is 12.1 Å². The molecule has 0 fully saturated rings. The van der Waals surface area contributed by atoms with E-state index in [0.717, 1.165) is 24.5 Å². The molecule has 0 bridgehead atoms. The van der Waals surface area contributed by atoms with Gasteiger partial charge in [-0.25, -0.2) is 0 Å². The van der Waals surface area contributed by atoms with Crippen LogP contribution in [0.1, 0.15) is 24.0 Å². The van der Waals surface area contributed by atoms with E-state index in [1.165, 1.54) is 12.2 Å². The zero-order valence-corrected chi connectivity index (χ0v) is 15.7. The number of hydrogen-bond donors (Lipinski definition) is 2. The molecule has 4 nitrogen and oxygen atoms in total. The van der Waals surface area contributed by atoms with E-state index < -0.39 is 0 Å². The van der Waals surface area contributed by atoms with Gasteiger partial charge in [0.25, 0.3) is 0 Å². The Kier molecular flexibility index (Phi) is 12.2. The molecule has 0 aliphatic carbocycles. The standard InChI is InChI=1S/C15H22N4S.HI/c1-17-15(18-8-3-4-9-20-2)19-12-14-7-5-6-13(10-14)11-16;/h5-7,10H,3-4,8-9,12H2,1-2H3,(H2,17,18,19);1H. The zero-order valence-electron chi connectivity index (χ0n) is 12.6. The normalized spacial score (nSPS) is 10.4. The minimum Gasteiger partial charge on any atom is -0.356 e. The van der Waals surface area contributed by atoms with Gasteiger partial charge in [-0.1, -0.05) is 12.1 Å². The number of aliphatic imine (C=N–C) groups is 1. The van der Waals surface area contributed by atoms with E-state index in [4.69, 9.17) is 5.26 Å². The first kappa shape index (κ1) is 20.1. The number of halogens is 1. The summed E-state index contributed by atoms with van der Waals surface area (Å²) in [7, 11) is 1.77. The molecule has 0 aliphatic heterocycles. The van der Waals surface area contributed by atoms with Gasteiger partial charge in [-0.15, -0.1) is 24.0 Å². The third kappa shape index (κ3) is 8.83. The van der Waals surface area contributed by atoms with Gasteiger partial charge in [-0.3, -0.25) is 4.99 Å². The summed E-state index contributed by atoms with van der Waals surface area (Å²) in [5.74, 6) is 2.01. The quantitative estimate of drug-likeness (QED) is 0.309. The fourth-order valence-electron chi connectivity index (χ4n) is 1.74. The van der Waals surface area contributed by atoms with Crippen molar-refractivity contribution in [3.63, 3.8) is 0 Å². The van der Waals surface area contributed by atoms with Crippen molar-refractivity contribution < 1.29 is 0 Å². The number of thioether (sulfide) groups is 1. The molecule has 6 heteroatoms. The highest BCUT2D eigenvalue weighted by molar-refractivity contribution is 14.0. The van der Waals surface area contributed by atoms with E-state index in [1.807, 2.05) is 36.0 Å². The molecule has 0 aliphatic rings. The highest BCUT2D eigenvalue weighted by Crippen LogP contribution is 2.03. The van der Waals surface area contributed by atoms with Crippen LogP contribution in [0.2, 0.25) is 0 Å². The molecule has 0 spiro atoms. The highest BCUT2D eigenvalue weighted by Gasteiger charge is 1.99. The number of nitriles is 1. The van der Waals surface area contributed by atoms with E-state index in [-0.39, 0.29) is 24.0 Å². The van der Waals surface area contributed by atoms with Crippen molar-refractivity contribution in [1.82, 2.24) is 10.6 Å². The van der Waals surface area contributed by atoms with Crippen molar-refractivity contribution >= 4 is 41.7 Å². The average Bonchev–Trinajstić information content (AvgIpc) is 2.50. The van der Waals surface area contributed by atoms with Gasteiger partial charge in [0.2, 0.25) is 0 Å². The maximum absolute atomic E-state index is 8.86. The molecule has 1 aromatic carbocycles. The van der Waals surface area contributed by atoms with Gasteiger partial charge in [0.15, 0.2) is 5.96 Å². The minimum atomic E-state index is 0. The summed E-state index contributed by atoms with van der Waals surface area (Å²) in [6.45, 7) is 1.60. The van der Waals surface area contributed by atoms with Crippen LogP contribution in [-0.4, -0.2) is 31.6 Å². The summed E-state index contributed by atoms with van der Waals surface area (Å²) < 4.78 is 0. The summed E-state index contributed by atoms with van der Waals surface area (Å²) in [6.07, 6.45) is 4.49. The second-order valence-electron chi connectivity index (χ2n) is 4.36. The Morgan fingerprint density at radius 2 is 2.14 bits per heavy atom. The molecule has 0 saturated heterocycles. The Hall–Kier alpha value is -0.940. The Bertz CT molecular complexity index is 471. The molecule has 0 saturated carbocycles. The molecule has 21 heavy (non-hydrogen) atoms. The van der Waals surface area contributed by atoms with Crippen LogP contribution in [0.5, 0.6) is 0 Å². The molecule has 0 aromatic heterocycles. The smallest absolute Gasteiger partial charge is 0.191 e. The largest absolute Gasteiger partial charge is 0.356 e. The lowest BCUT2D eigenvalue weighted by molar-refractivity contribution is 0.733. The number of benzene rings is 1. The first-order valence-electron chi connectivity index (χ1n) is 6.72. The Labute approximate surface area is 148 Å². The summed E-state index contributed by atoms with van der Waals surface area (Å²) >= 11 is 1.88. The van der Waals surface area contributed by atoms with Crippen molar-refractivity contribution in [3.8, 4) is 6.07 Å². The first-order valence-corrected chi connectivity index (χ1v) is 8.12. The molecule has 1 rings (SSSR count). The van der Waals surface area contributed by atoms with Crippen molar-refractivity contribution in [2.45, 2.75) is 19.4 Å². The molecule has 0 heterocycles. The highest BCUT2D eigenvalue weighted by atomic mass is 127. The van der Waals surface area contributed by atoms with Crippen LogP contribution in [0.15, 0.2) is 29.3 Å². The lowest BCUT2D eigenvalue weighted by Gasteiger charge is -2.11. The lowest BCUT2D eigenvalue weighted by atomic mass is 10.1. The lowest BCUT2D eigenvalue weighted by Crippen LogP contribution is -2.37. The molecule has 0 radical (unpaired) electrons. The Morgan fingerprint density at radius 3 is 2.81 bits per heavy atom. The van der Waals surface area contributed by atoms with Crippen LogP contribution in [0.4, 0.5) is 0 Å². The maximum atomic E-state index is 8.86. The third-order valence-electron chi connectivity index (χ3n) is 2.81. The van der Waals surface area contributed by atoms with Gasteiger partial charge in [-0.2, -0.15) is 17.0 Å². The Morgan fingerprint density at radius 1 is 1.33 bits per heavy atom. The van der Waals surface area contributed by atoms with Gasteiger partial charge in [0, 0.05) is 20.1 Å². The fraction of sp³-hybridized carbons (Fsp3) is 0.467. The minimum absolute atomic E-state index is 0. The molecule has 2 N–H and O–H groups in total. The number of unbranched alkanes of at least 4 members (excludes halogenated alkanes) is 1. The Balaban J connectivity index is 0.00000400. The molecule has 1 aromatic rings. The van der Waals surface area contributed by atoms with Gasteiger partial charge in [0.05, 0.1) is 11.6 Å². The second-order valence-corrected chi connectivity index (χ2v) is 5.35. The zero-order chi connectivity index (χ0) is 14.6. The van der Waals surface area contributed by atoms with Gasteiger partial charge >= 0.3 is 0 Å². The summed E-state index contributed by atoms with van der Waals surface area (Å²) in [6, 6.07) is 9.74. The fourth-order valence-corrected chi connectivity index (χ4v) is 2.23. The summed E-state index contributed by atoms with van der Waals surface area (Å²) in [4.78, 5) is 4.19. The van der Waals surface area contributed by atoms with Crippen LogP contribution in [0.25, 0.3) is 0 Å². The van der Waals surface area contributed by atoms with Crippen molar-refractivity contribution in [2.75, 3.05) is 25.6 Å². The molecule has 0 atom stereocenters. The van der Waals surface area contributed by atoms with Crippen molar-refractivity contribution in [1.29, 1.82) is 5.26 Å². The number of nitrogens with one attached hydrogen (secondary N) is 2. The van der Waals surface area contributed by atoms with Crippen LogP contribution in [0.3, 0.4) is 0 Å². The third-order valence-corrected chi connectivity index (χ3v) is 3.50. The van der Waals surface area contributed by atoms with Crippen molar-refractivity contribution in [3.05, 3.63) is 35.4 Å². The van der Waals surface area contributed by atoms with E-state index in [1.54, 1.807) is 7.05 Å². The number of hydrogen-bond acceptors (Lipinski definition) is 3. The maximum Gasteiger partial charge on any atom is 0.191 e. The predicted octanol–water partition coefficient (Wildman–Crippen LogP) is 2.98. The molecule has 116 valence electrons. The van der Waals surface area contributed by atoms with E-state index in [2.05, 4.69) is 28.0 Å². The number of nitrogens with zero attached hydrogens (tertiary/aromatic N) is 2.